The van der Waals surface area contributed by atoms with Gasteiger partial charge in [-0.2, -0.15) is 0 Å². The molecule has 0 aliphatic heterocycles. The summed E-state index contributed by atoms with van der Waals surface area (Å²) in [7, 11) is 0. The second-order valence-electron chi connectivity index (χ2n) is 1.59. The zero-order chi connectivity index (χ0) is 6.69. The van der Waals surface area contributed by atoms with E-state index in [1.807, 2.05) is 0 Å². The first kappa shape index (κ1) is 6.36. The monoisotopic (exact) mass is 137 g/mol. The molecular formula is C7H5OS. The van der Waals surface area contributed by atoms with Crippen molar-refractivity contribution in [1.29, 1.82) is 0 Å². The maximum Gasteiger partial charge on any atom is 0.216 e. The van der Waals surface area contributed by atoms with Gasteiger partial charge in [0.05, 0.1) is 0 Å². The van der Waals surface area contributed by atoms with Crippen LogP contribution in [0.15, 0.2) is 24.3 Å². The molecule has 0 bridgehead atoms. The molecule has 0 heterocycles. The first-order valence-corrected chi connectivity index (χ1v) is 2.95. The molecule has 9 heavy (non-hydrogen) atoms. The number of thiol groups is 1. The molecule has 1 radical (unpaired) electrons. The van der Waals surface area contributed by atoms with Gasteiger partial charge >= 0.3 is 0 Å². The Bertz CT molecular complexity index is 205. The standard InChI is InChI=1S/C7H5OS/c8-7(9)6-4-2-1-3-5-6/h2-5H,(H,8,9). The minimum absolute atomic E-state index is 0.205. The van der Waals surface area contributed by atoms with Crippen molar-refractivity contribution in [2.24, 2.45) is 0 Å². The van der Waals surface area contributed by atoms with Crippen molar-refractivity contribution in [3.8, 4) is 0 Å². The van der Waals surface area contributed by atoms with E-state index >= 15 is 0 Å². The molecule has 0 aromatic heterocycles. The molecule has 1 aromatic carbocycles. The molecular weight excluding hydrogens is 132 g/mol. The summed E-state index contributed by atoms with van der Waals surface area (Å²) in [5.41, 5.74) is 0.608. The number of hydrogen-bond acceptors (Lipinski definition) is 1. The van der Waals surface area contributed by atoms with Gasteiger partial charge in [0, 0.05) is 5.56 Å². The average molecular weight is 137 g/mol. The summed E-state index contributed by atoms with van der Waals surface area (Å²) < 4.78 is 0. The third-order valence-electron chi connectivity index (χ3n) is 0.965. The highest BCUT2D eigenvalue weighted by Gasteiger charge is 1.94. The van der Waals surface area contributed by atoms with Crippen LogP contribution in [0.25, 0.3) is 0 Å². The number of carbonyl (C=O) groups excluding carboxylic acids is 1. The fraction of sp³-hybridized carbons (Fsp3) is 0. The van der Waals surface area contributed by atoms with Gasteiger partial charge in [0.1, 0.15) is 0 Å². The zero-order valence-corrected chi connectivity index (χ0v) is 5.56. The maximum atomic E-state index is 10.5. The Morgan fingerprint density at radius 2 is 2.00 bits per heavy atom. The Morgan fingerprint density at radius 3 is 2.33 bits per heavy atom. The predicted octanol–water partition coefficient (Wildman–Crippen LogP) is 1.56. The first-order chi connectivity index (χ1) is 4.30. The molecule has 0 N–H and O–H groups in total. The van der Waals surface area contributed by atoms with Gasteiger partial charge in [-0.25, -0.2) is 0 Å². The normalized spacial score (nSPS) is 9.00. The van der Waals surface area contributed by atoms with Gasteiger partial charge < -0.3 is 0 Å². The van der Waals surface area contributed by atoms with Gasteiger partial charge in [0.25, 0.3) is 0 Å². The lowest BCUT2D eigenvalue weighted by Gasteiger charge is -1.88. The zero-order valence-electron chi connectivity index (χ0n) is 4.66. The van der Waals surface area contributed by atoms with Crippen LogP contribution < -0.4 is 0 Å². The van der Waals surface area contributed by atoms with Crippen molar-refractivity contribution >= 4 is 17.7 Å². The van der Waals surface area contributed by atoms with Crippen molar-refractivity contribution in [2.75, 3.05) is 0 Å². The van der Waals surface area contributed by atoms with E-state index in [1.165, 1.54) is 0 Å². The van der Waals surface area contributed by atoms with E-state index in [1.54, 1.807) is 24.3 Å². The Labute approximate surface area is 59.1 Å². The molecule has 0 aliphatic rings. The van der Waals surface area contributed by atoms with Crippen LogP contribution in [0, 0.1) is 6.07 Å². The van der Waals surface area contributed by atoms with Crippen molar-refractivity contribution < 1.29 is 4.79 Å². The van der Waals surface area contributed by atoms with E-state index in [9.17, 15) is 4.79 Å². The topological polar surface area (TPSA) is 17.1 Å². The fourth-order valence-corrected chi connectivity index (χ4v) is 0.679. The molecule has 1 rings (SSSR count). The number of hydrogen-bond donors (Lipinski definition) is 1. The van der Waals surface area contributed by atoms with E-state index in [-0.39, 0.29) is 5.12 Å². The van der Waals surface area contributed by atoms with Gasteiger partial charge in [-0.1, -0.05) is 12.1 Å². The van der Waals surface area contributed by atoms with E-state index in [0.29, 0.717) is 5.56 Å². The van der Waals surface area contributed by atoms with Crippen LogP contribution in [-0.4, -0.2) is 5.12 Å². The average Bonchev–Trinajstić information content (AvgIpc) is 1.90. The summed E-state index contributed by atoms with van der Waals surface area (Å²) in [5.74, 6) is 0. The second kappa shape index (κ2) is 2.69. The third-order valence-corrected chi connectivity index (χ3v) is 1.22. The largest absolute Gasteiger partial charge is 0.282 e. The molecule has 0 atom stereocenters. The smallest absolute Gasteiger partial charge is 0.216 e. The Kier molecular flexibility index (Phi) is 1.90. The van der Waals surface area contributed by atoms with Gasteiger partial charge in [-0.15, -0.1) is 12.6 Å². The molecule has 0 amide bonds. The van der Waals surface area contributed by atoms with Crippen LogP contribution in [0.1, 0.15) is 10.4 Å². The van der Waals surface area contributed by atoms with Crippen molar-refractivity contribution in [3.05, 3.63) is 35.9 Å². The summed E-state index contributed by atoms with van der Waals surface area (Å²) >= 11 is 3.63. The Hall–Kier alpha value is -0.760. The molecule has 0 saturated heterocycles. The quantitative estimate of drug-likeness (QED) is 0.581. The maximum absolute atomic E-state index is 10.5. The predicted molar refractivity (Wildman–Crippen MR) is 38.6 cm³/mol. The second-order valence-corrected chi connectivity index (χ2v) is 2.00. The molecule has 1 aromatic rings. The van der Waals surface area contributed by atoms with E-state index in [0.717, 1.165) is 0 Å². The highest BCUT2D eigenvalue weighted by molar-refractivity contribution is 7.97. The van der Waals surface area contributed by atoms with Gasteiger partial charge in [-0.05, 0) is 18.2 Å². The van der Waals surface area contributed by atoms with Crippen LogP contribution in [0.2, 0.25) is 0 Å². The van der Waals surface area contributed by atoms with Crippen LogP contribution in [0.4, 0.5) is 0 Å². The summed E-state index contributed by atoms with van der Waals surface area (Å²) in [6.45, 7) is 0. The molecule has 45 valence electrons. The summed E-state index contributed by atoms with van der Waals surface area (Å²) in [4.78, 5) is 10.5. The van der Waals surface area contributed by atoms with Crippen LogP contribution in [-0.2, 0) is 0 Å². The molecule has 0 saturated carbocycles. The van der Waals surface area contributed by atoms with E-state index in [4.69, 9.17) is 0 Å². The first-order valence-electron chi connectivity index (χ1n) is 2.50. The fourth-order valence-electron chi connectivity index (χ4n) is 0.529. The number of benzene rings is 1. The highest BCUT2D eigenvalue weighted by Crippen LogP contribution is 2.00. The number of rotatable bonds is 1. The molecule has 1 nitrogen and oxygen atoms in total. The van der Waals surface area contributed by atoms with Crippen molar-refractivity contribution in [1.82, 2.24) is 0 Å². The Morgan fingerprint density at radius 1 is 1.44 bits per heavy atom. The lowest BCUT2D eigenvalue weighted by Crippen LogP contribution is -1.85. The molecule has 0 aliphatic carbocycles. The van der Waals surface area contributed by atoms with Gasteiger partial charge in [0.15, 0.2) is 0 Å². The van der Waals surface area contributed by atoms with Crippen molar-refractivity contribution in [2.45, 2.75) is 0 Å². The summed E-state index contributed by atoms with van der Waals surface area (Å²) in [6, 6.07) is 9.52. The third kappa shape index (κ3) is 1.57. The summed E-state index contributed by atoms with van der Waals surface area (Å²) in [6.07, 6.45) is 0. The van der Waals surface area contributed by atoms with Crippen LogP contribution >= 0.6 is 12.6 Å². The lowest BCUT2D eigenvalue weighted by atomic mass is 10.2. The van der Waals surface area contributed by atoms with Crippen LogP contribution in [0.3, 0.4) is 0 Å². The molecule has 0 fully saturated rings. The van der Waals surface area contributed by atoms with Crippen molar-refractivity contribution in [3.63, 3.8) is 0 Å². The Balaban J connectivity index is 2.98. The highest BCUT2D eigenvalue weighted by atomic mass is 32.1. The molecule has 2 heteroatoms. The van der Waals surface area contributed by atoms with E-state index < -0.39 is 0 Å². The van der Waals surface area contributed by atoms with Crippen LogP contribution in [0.5, 0.6) is 0 Å². The minimum atomic E-state index is -0.205. The molecule has 0 spiro atoms. The molecule has 0 unspecified atom stereocenters. The number of carbonyl (C=O) groups is 1. The summed E-state index contributed by atoms with van der Waals surface area (Å²) in [5, 5.41) is -0.205. The van der Waals surface area contributed by atoms with E-state index in [2.05, 4.69) is 18.7 Å². The minimum Gasteiger partial charge on any atom is -0.282 e. The van der Waals surface area contributed by atoms with Gasteiger partial charge in [-0.3, -0.25) is 4.79 Å². The SMILES string of the molecule is O=C(S)c1cc[c]cc1. The lowest BCUT2D eigenvalue weighted by molar-refractivity contribution is 0.109. The van der Waals surface area contributed by atoms with Gasteiger partial charge in [0.2, 0.25) is 5.12 Å².